The highest BCUT2D eigenvalue weighted by atomic mass is 16.5. The fourth-order valence-corrected chi connectivity index (χ4v) is 2.23. The lowest BCUT2D eigenvalue weighted by atomic mass is 9.86. The molecule has 2 heteroatoms. The number of hydrogen-bond acceptors (Lipinski definition) is 2. The van der Waals surface area contributed by atoms with Gasteiger partial charge in [0.25, 0.3) is 0 Å². The van der Waals surface area contributed by atoms with E-state index in [0.29, 0.717) is 11.1 Å². The molecular weight excluding hydrogens is 248 g/mol. The summed E-state index contributed by atoms with van der Waals surface area (Å²) in [5, 5.41) is 10.9. The summed E-state index contributed by atoms with van der Waals surface area (Å²) in [4.78, 5) is 0. The Morgan fingerprint density at radius 2 is 1.65 bits per heavy atom. The third-order valence-electron chi connectivity index (χ3n) is 3.49. The van der Waals surface area contributed by atoms with Gasteiger partial charge in [-0.3, -0.25) is 0 Å². The maximum atomic E-state index is 10.9. The smallest absolute Gasteiger partial charge is 0.176 e. The van der Waals surface area contributed by atoms with Gasteiger partial charge in [-0.2, -0.15) is 0 Å². The highest BCUT2D eigenvalue weighted by Crippen LogP contribution is 2.32. The summed E-state index contributed by atoms with van der Waals surface area (Å²) in [6.07, 6.45) is 5.60. The van der Waals surface area contributed by atoms with Crippen LogP contribution in [0.5, 0.6) is 5.75 Å². The molecule has 0 aliphatic heterocycles. The van der Waals surface area contributed by atoms with Gasteiger partial charge in [-0.15, -0.1) is 6.42 Å². The molecule has 20 heavy (non-hydrogen) atoms. The molecule has 2 aromatic carbocycles. The van der Waals surface area contributed by atoms with Crippen LogP contribution in [0.1, 0.15) is 22.3 Å². The molecule has 0 amide bonds. The Hall–Kier alpha value is -2.24. The molecule has 1 atom stereocenters. The van der Waals surface area contributed by atoms with E-state index in [-0.39, 0.29) is 0 Å². The van der Waals surface area contributed by atoms with Crippen LogP contribution in [-0.2, 0) is 5.60 Å². The van der Waals surface area contributed by atoms with Crippen molar-refractivity contribution in [2.75, 3.05) is 7.11 Å². The minimum absolute atomic E-state index is 0.669. The van der Waals surface area contributed by atoms with Gasteiger partial charge < -0.3 is 9.84 Å². The van der Waals surface area contributed by atoms with Gasteiger partial charge in [0.15, 0.2) is 5.60 Å². The SMILES string of the molecule is C#CC(O)(c1ccc(C)cc1)c1ccc(OC)c(C)c1. The van der Waals surface area contributed by atoms with E-state index < -0.39 is 5.60 Å². The van der Waals surface area contributed by atoms with E-state index in [0.717, 1.165) is 16.9 Å². The zero-order chi connectivity index (χ0) is 14.8. The first-order valence-corrected chi connectivity index (χ1v) is 6.43. The first-order chi connectivity index (χ1) is 9.51. The first-order valence-electron chi connectivity index (χ1n) is 6.43. The van der Waals surface area contributed by atoms with Crippen molar-refractivity contribution in [1.82, 2.24) is 0 Å². The van der Waals surface area contributed by atoms with Gasteiger partial charge in [-0.05, 0) is 31.5 Å². The fourth-order valence-electron chi connectivity index (χ4n) is 2.23. The van der Waals surface area contributed by atoms with E-state index >= 15 is 0 Å². The summed E-state index contributed by atoms with van der Waals surface area (Å²) in [7, 11) is 1.62. The number of aliphatic hydroxyl groups is 1. The maximum Gasteiger partial charge on any atom is 0.176 e. The molecule has 0 aliphatic rings. The molecule has 0 aliphatic carbocycles. The summed E-state index contributed by atoms with van der Waals surface area (Å²) >= 11 is 0. The maximum absolute atomic E-state index is 10.9. The predicted molar refractivity (Wildman–Crippen MR) is 80.7 cm³/mol. The molecule has 2 aromatic rings. The molecule has 2 rings (SSSR count). The predicted octanol–water partition coefficient (Wildman–Crippen LogP) is 3.18. The molecular formula is C18H18O2. The van der Waals surface area contributed by atoms with E-state index in [4.69, 9.17) is 11.2 Å². The molecule has 0 saturated heterocycles. The van der Waals surface area contributed by atoms with Gasteiger partial charge in [-0.1, -0.05) is 41.8 Å². The van der Waals surface area contributed by atoms with Crippen LogP contribution < -0.4 is 4.74 Å². The molecule has 0 spiro atoms. The highest BCUT2D eigenvalue weighted by Gasteiger charge is 2.29. The van der Waals surface area contributed by atoms with E-state index in [1.807, 2.05) is 50.2 Å². The number of benzene rings is 2. The minimum Gasteiger partial charge on any atom is -0.496 e. The van der Waals surface area contributed by atoms with Crippen molar-refractivity contribution in [3.8, 4) is 18.1 Å². The lowest BCUT2D eigenvalue weighted by Crippen LogP contribution is -2.25. The van der Waals surface area contributed by atoms with Gasteiger partial charge >= 0.3 is 0 Å². The number of aryl methyl sites for hydroxylation is 2. The molecule has 0 saturated carbocycles. The number of hydrogen-bond donors (Lipinski definition) is 1. The van der Waals surface area contributed by atoms with Crippen molar-refractivity contribution in [3.63, 3.8) is 0 Å². The third kappa shape index (κ3) is 2.41. The monoisotopic (exact) mass is 266 g/mol. The van der Waals surface area contributed by atoms with Gasteiger partial charge in [0, 0.05) is 11.1 Å². The topological polar surface area (TPSA) is 29.5 Å². The Morgan fingerprint density at radius 1 is 1.05 bits per heavy atom. The van der Waals surface area contributed by atoms with Crippen molar-refractivity contribution in [1.29, 1.82) is 0 Å². The zero-order valence-electron chi connectivity index (χ0n) is 12.0. The van der Waals surface area contributed by atoms with E-state index in [9.17, 15) is 5.11 Å². The van der Waals surface area contributed by atoms with Crippen LogP contribution in [0.3, 0.4) is 0 Å². The summed E-state index contributed by atoms with van der Waals surface area (Å²) in [6.45, 7) is 3.92. The average Bonchev–Trinajstić information content (AvgIpc) is 2.47. The van der Waals surface area contributed by atoms with E-state index in [1.165, 1.54) is 0 Å². The second kappa shape index (κ2) is 5.40. The van der Waals surface area contributed by atoms with Crippen molar-refractivity contribution in [2.24, 2.45) is 0 Å². The van der Waals surface area contributed by atoms with Crippen molar-refractivity contribution in [2.45, 2.75) is 19.4 Å². The lowest BCUT2D eigenvalue weighted by Gasteiger charge is -2.24. The standard InChI is InChI=1S/C18H18O2/c1-5-18(19,15-8-6-13(2)7-9-15)16-10-11-17(20-4)14(3)12-16/h1,6-12,19H,2-4H3. The van der Waals surface area contributed by atoms with Gasteiger partial charge in [0.1, 0.15) is 5.75 Å². The normalized spacial score (nSPS) is 13.3. The van der Waals surface area contributed by atoms with Crippen LogP contribution in [0, 0.1) is 26.2 Å². The van der Waals surface area contributed by atoms with E-state index in [2.05, 4.69) is 5.92 Å². The molecule has 0 heterocycles. The van der Waals surface area contributed by atoms with Crippen molar-refractivity contribution in [3.05, 3.63) is 64.7 Å². The Bertz CT molecular complexity index is 650. The van der Waals surface area contributed by atoms with Gasteiger partial charge in [0.2, 0.25) is 0 Å². The molecule has 1 unspecified atom stereocenters. The number of terminal acetylenes is 1. The quantitative estimate of drug-likeness (QED) is 0.865. The average molecular weight is 266 g/mol. The largest absolute Gasteiger partial charge is 0.496 e. The Kier molecular flexibility index (Phi) is 3.83. The first kappa shape index (κ1) is 14.2. The Labute approximate surface area is 120 Å². The van der Waals surface area contributed by atoms with Crippen molar-refractivity contribution < 1.29 is 9.84 Å². The Balaban J connectivity index is 2.53. The molecule has 0 fully saturated rings. The summed E-state index contributed by atoms with van der Waals surface area (Å²) in [5.41, 5.74) is 1.99. The van der Waals surface area contributed by atoms with Crippen LogP contribution in [0.2, 0.25) is 0 Å². The molecule has 2 nitrogen and oxygen atoms in total. The van der Waals surface area contributed by atoms with Crippen molar-refractivity contribution >= 4 is 0 Å². The van der Waals surface area contributed by atoms with Crippen LogP contribution >= 0.6 is 0 Å². The zero-order valence-corrected chi connectivity index (χ0v) is 12.0. The van der Waals surface area contributed by atoms with Gasteiger partial charge in [0.05, 0.1) is 7.11 Å². The molecule has 0 aromatic heterocycles. The third-order valence-corrected chi connectivity index (χ3v) is 3.49. The molecule has 0 bridgehead atoms. The second-order valence-corrected chi connectivity index (χ2v) is 4.91. The van der Waals surface area contributed by atoms with Gasteiger partial charge in [-0.25, -0.2) is 0 Å². The fraction of sp³-hybridized carbons (Fsp3) is 0.222. The number of ether oxygens (including phenoxy) is 1. The summed E-state index contributed by atoms with van der Waals surface area (Å²) < 4.78 is 5.23. The summed E-state index contributed by atoms with van der Waals surface area (Å²) in [6, 6.07) is 13.1. The minimum atomic E-state index is -1.43. The highest BCUT2D eigenvalue weighted by molar-refractivity contribution is 5.48. The molecule has 0 radical (unpaired) electrons. The second-order valence-electron chi connectivity index (χ2n) is 4.91. The van der Waals surface area contributed by atoms with Crippen LogP contribution in [0.4, 0.5) is 0 Å². The lowest BCUT2D eigenvalue weighted by molar-refractivity contribution is 0.145. The molecule has 1 N–H and O–H groups in total. The van der Waals surface area contributed by atoms with Crippen LogP contribution in [-0.4, -0.2) is 12.2 Å². The van der Waals surface area contributed by atoms with E-state index in [1.54, 1.807) is 13.2 Å². The van der Waals surface area contributed by atoms with Crippen LogP contribution in [0.15, 0.2) is 42.5 Å². The van der Waals surface area contributed by atoms with Crippen LogP contribution in [0.25, 0.3) is 0 Å². The Morgan fingerprint density at radius 3 is 2.15 bits per heavy atom. The number of methoxy groups -OCH3 is 1. The number of rotatable bonds is 3. The molecule has 102 valence electrons. The summed E-state index contributed by atoms with van der Waals surface area (Å²) in [5.74, 6) is 3.28.